The molecule has 1 aliphatic carbocycles. The number of ketones is 2. The van der Waals surface area contributed by atoms with E-state index in [1.807, 2.05) is 6.92 Å². The van der Waals surface area contributed by atoms with Gasteiger partial charge in [0.15, 0.2) is 5.78 Å². The second-order valence-electron chi connectivity index (χ2n) is 5.33. The Morgan fingerprint density at radius 3 is 2.05 bits per heavy atom. The minimum absolute atomic E-state index is 0.0527. The Bertz CT molecular complexity index is 820. The number of aryl methyl sites for hydroxylation is 1. The molecule has 0 amide bonds. The predicted octanol–water partition coefficient (Wildman–Crippen LogP) is 2.53. The van der Waals surface area contributed by atoms with Gasteiger partial charge in [-0.15, -0.1) is 0 Å². The second kappa shape index (κ2) is 4.87. The Labute approximate surface area is 126 Å². The van der Waals surface area contributed by atoms with Crippen molar-refractivity contribution < 1.29 is 24.9 Å². The van der Waals surface area contributed by atoms with Crippen molar-refractivity contribution in [3.63, 3.8) is 0 Å². The number of hydrogen-bond acceptors (Lipinski definition) is 5. The summed E-state index contributed by atoms with van der Waals surface area (Å²) in [6.45, 7) is 1.97. The largest absolute Gasteiger partial charge is 0.508 e. The first-order valence-corrected chi connectivity index (χ1v) is 6.95. The van der Waals surface area contributed by atoms with Crippen molar-refractivity contribution >= 4 is 11.6 Å². The second-order valence-corrected chi connectivity index (χ2v) is 5.33. The zero-order chi connectivity index (χ0) is 16.0. The fourth-order valence-electron chi connectivity index (χ4n) is 2.84. The van der Waals surface area contributed by atoms with Crippen LogP contribution in [0, 0.1) is 0 Å². The molecule has 0 fully saturated rings. The van der Waals surface area contributed by atoms with Crippen molar-refractivity contribution in [1.82, 2.24) is 0 Å². The van der Waals surface area contributed by atoms with Crippen LogP contribution in [0.15, 0.2) is 24.3 Å². The summed E-state index contributed by atoms with van der Waals surface area (Å²) in [4.78, 5) is 25.1. The zero-order valence-corrected chi connectivity index (χ0v) is 11.9. The molecule has 5 nitrogen and oxygen atoms in total. The maximum atomic E-state index is 12.6. The monoisotopic (exact) mass is 298 g/mol. The fourth-order valence-corrected chi connectivity index (χ4v) is 2.84. The van der Waals surface area contributed by atoms with Gasteiger partial charge in [0.25, 0.3) is 0 Å². The van der Waals surface area contributed by atoms with Crippen molar-refractivity contribution in [2.24, 2.45) is 0 Å². The first-order valence-electron chi connectivity index (χ1n) is 6.95. The van der Waals surface area contributed by atoms with Crippen LogP contribution in [0.1, 0.15) is 50.8 Å². The Balaban J connectivity index is 2.29. The van der Waals surface area contributed by atoms with Gasteiger partial charge in [-0.1, -0.05) is 13.3 Å². The minimum Gasteiger partial charge on any atom is -0.508 e. The van der Waals surface area contributed by atoms with Gasteiger partial charge in [-0.2, -0.15) is 0 Å². The quantitative estimate of drug-likeness (QED) is 0.675. The molecule has 0 aliphatic heterocycles. The Morgan fingerprint density at radius 2 is 1.41 bits per heavy atom. The predicted molar refractivity (Wildman–Crippen MR) is 78.7 cm³/mol. The van der Waals surface area contributed by atoms with Gasteiger partial charge >= 0.3 is 0 Å². The molecule has 1 aliphatic rings. The molecule has 0 saturated carbocycles. The molecule has 0 bridgehead atoms. The average Bonchev–Trinajstić information content (AvgIpc) is 2.43. The Hall–Kier alpha value is -2.82. The molecule has 0 radical (unpaired) electrons. The van der Waals surface area contributed by atoms with Gasteiger partial charge < -0.3 is 15.3 Å². The average molecular weight is 298 g/mol. The van der Waals surface area contributed by atoms with E-state index in [2.05, 4.69) is 0 Å². The van der Waals surface area contributed by atoms with Crippen LogP contribution in [0.4, 0.5) is 0 Å². The summed E-state index contributed by atoms with van der Waals surface area (Å²) < 4.78 is 0. The highest BCUT2D eigenvalue weighted by atomic mass is 16.3. The third-order valence-electron chi connectivity index (χ3n) is 3.76. The maximum absolute atomic E-state index is 12.6. The summed E-state index contributed by atoms with van der Waals surface area (Å²) in [5.74, 6) is -2.16. The molecule has 112 valence electrons. The van der Waals surface area contributed by atoms with Gasteiger partial charge in [-0.25, -0.2) is 0 Å². The van der Waals surface area contributed by atoms with Crippen molar-refractivity contribution in [3.05, 3.63) is 52.1 Å². The van der Waals surface area contributed by atoms with Crippen LogP contribution in [0.3, 0.4) is 0 Å². The normalized spacial score (nSPS) is 13.0. The zero-order valence-electron chi connectivity index (χ0n) is 11.9. The number of carbonyl (C=O) groups is 2. The first kappa shape index (κ1) is 14.1. The van der Waals surface area contributed by atoms with Crippen LogP contribution in [0.2, 0.25) is 0 Å². The molecule has 3 rings (SSSR count). The van der Waals surface area contributed by atoms with Crippen LogP contribution in [0.25, 0.3) is 0 Å². The molecule has 0 atom stereocenters. The lowest BCUT2D eigenvalue weighted by atomic mass is 9.82. The summed E-state index contributed by atoms with van der Waals surface area (Å²) in [6, 6.07) is 5.21. The molecule has 22 heavy (non-hydrogen) atoms. The van der Waals surface area contributed by atoms with Crippen molar-refractivity contribution in [2.75, 3.05) is 0 Å². The minimum atomic E-state index is -0.623. The summed E-state index contributed by atoms with van der Waals surface area (Å²) in [5, 5.41) is 29.5. The summed E-state index contributed by atoms with van der Waals surface area (Å²) in [6.07, 6.45) is 1.50. The molecule has 2 aromatic rings. The summed E-state index contributed by atoms with van der Waals surface area (Å²) in [5.41, 5.74) is 0.522. The smallest absolute Gasteiger partial charge is 0.201 e. The van der Waals surface area contributed by atoms with E-state index in [-0.39, 0.29) is 33.8 Å². The van der Waals surface area contributed by atoms with E-state index in [0.29, 0.717) is 6.42 Å². The summed E-state index contributed by atoms with van der Waals surface area (Å²) >= 11 is 0. The van der Waals surface area contributed by atoms with E-state index in [9.17, 15) is 24.9 Å². The van der Waals surface area contributed by atoms with Gasteiger partial charge in [0, 0.05) is 17.2 Å². The van der Waals surface area contributed by atoms with Crippen LogP contribution in [0.5, 0.6) is 17.2 Å². The van der Waals surface area contributed by atoms with Crippen LogP contribution < -0.4 is 0 Å². The highest BCUT2D eigenvalue weighted by molar-refractivity contribution is 6.30. The molecule has 2 aromatic carbocycles. The van der Waals surface area contributed by atoms with Crippen LogP contribution >= 0.6 is 0 Å². The highest BCUT2D eigenvalue weighted by Gasteiger charge is 2.35. The van der Waals surface area contributed by atoms with E-state index >= 15 is 0 Å². The molecular weight excluding hydrogens is 284 g/mol. The van der Waals surface area contributed by atoms with Gasteiger partial charge in [0.2, 0.25) is 5.78 Å². The number of hydrogen-bond donors (Lipinski definition) is 3. The molecular formula is C17H14O5. The number of phenolic OH excluding ortho intramolecular Hbond substituents is 3. The number of carbonyl (C=O) groups excluding carboxylic acids is 2. The number of benzene rings is 2. The molecule has 3 N–H and O–H groups in total. The van der Waals surface area contributed by atoms with Gasteiger partial charge in [0.1, 0.15) is 17.2 Å². The lowest BCUT2D eigenvalue weighted by Gasteiger charge is -2.20. The topological polar surface area (TPSA) is 94.8 Å². The van der Waals surface area contributed by atoms with Crippen LogP contribution in [-0.4, -0.2) is 26.9 Å². The standard InChI is InChI=1S/C17H14O5/c1-2-3-8-4-10-14(12(19)5-8)17(22)15-11(16(10)21)6-9(18)7-13(15)20/h4-7,18-20H,2-3H2,1H3. The first-order chi connectivity index (χ1) is 10.4. The van der Waals surface area contributed by atoms with Crippen molar-refractivity contribution in [2.45, 2.75) is 19.8 Å². The number of rotatable bonds is 2. The molecule has 5 heteroatoms. The van der Waals surface area contributed by atoms with E-state index in [1.165, 1.54) is 6.07 Å². The summed E-state index contributed by atoms with van der Waals surface area (Å²) in [7, 11) is 0. The van der Waals surface area contributed by atoms with E-state index in [1.54, 1.807) is 6.07 Å². The lowest BCUT2D eigenvalue weighted by Crippen LogP contribution is -2.21. The highest BCUT2D eigenvalue weighted by Crippen LogP contribution is 2.39. The SMILES string of the molecule is CCCc1cc(O)c2c(c1)C(=O)c1cc(O)cc(O)c1C2=O. The third kappa shape index (κ3) is 1.94. The molecule has 0 aromatic heterocycles. The third-order valence-corrected chi connectivity index (χ3v) is 3.76. The van der Waals surface area contributed by atoms with Crippen molar-refractivity contribution in [1.29, 1.82) is 0 Å². The fraction of sp³-hybridized carbons (Fsp3) is 0.176. The van der Waals surface area contributed by atoms with Crippen LogP contribution in [-0.2, 0) is 6.42 Å². The van der Waals surface area contributed by atoms with E-state index < -0.39 is 17.3 Å². The van der Waals surface area contributed by atoms with Gasteiger partial charge in [-0.05, 0) is 30.2 Å². The Kier molecular flexibility index (Phi) is 3.13. The molecule has 0 unspecified atom stereocenters. The lowest BCUT2D eigenvalue weighted by molar-refractivity contribution is 0.0974. The number of aromatic hydroxyl groups is 3. The molecule has 0 spiro atoms. The maximum Gasteiger partial charge on any atom is 0.201 e. The molecule has 0 heterocycles. The number of phenols is 3. The molecule has 0 saturated heterocycles. The van der Waals surface area contributed by atoms with Gasteiger partial charge in [-0.3, -0.25) is 9.59 Å². The Morgan fingerprint density at radius 1 is 0.818 bits per heavy atom. The van der Waals surface area contributed by atoms with Crippen molar-refractivity contribution in [3.8, 4) is 17.2 Å². The van der Waals surface area contributed by atoms with E-state index in [0.717, 1.165) is 24.1 Å². The van der Waals surface area contributed by atoms with E-state index in [4.69, 9.17) is 0 Å². The number of fused-ring (bicyclic) bond motifs is 2. The van der Waals surface area contributed by atoms with Gasteiger partial charge in [0.05, 0.1) is 11.1 Å².